The number of rotatable bonds is 4. The summed E-state index contributed by atoms with van der Waals surface area (Å²) >= 11 is 12.5. The maximum Gasteiger partial charge on any atom is 0.133 e. The molecule has 0 amide bonds. The van der Waals surface area contributed by atoms with Gasteiger partial charge >= 0.3 is 0 Å². The second-order valence-electron chi connectivity index (χ2n) is 5.24. The predicted molar refractivity (Wildman–Crippen MR) is 85.8 cm³/mol. The maximum absolute atomic E-state index is 6.25. The van der Waals surface area contributed by atoms with Gasteiger partial charge in [-0.2, -0.15) is 0 Å². The van der Waals surface area contributed by atoms with E-state index in [2.05, 4.69) is 17.2 Å². The molecule has 0 unspecified atom stereocenters. The Balaban J connectivity index is 1.98. The standard InChI is InChI=1S/C16H17Cl2N3/c1-2-4-14-11-8-19-9-15(11)21-16(20-14)7-10-12(17)5-3-6-13(10)18/h3,5-6,19H,2,4,7-9H2,1H3. The second-order valence-corrected chi connectivity index (χ2v) is 6.06. The number of hydrogen-bond acceptors (Lipinski definition) is 3. The first-order valence-electron chi connectivity index (χ1n) is 7.20. The molecule has 110 valence electrons. The molecule has 0 spiro atoms. The van der Waals surface area contributed by atoms with E-state index in [1.165, 1.54) is 5.56 Å². The summed E-state index contributed by atoms with van der Waals surface area (Å²) in [5, 5.41) is 4.68. The monoisotopic (exact) mass is 321 g/mol. The van der Waals surface area contributed by atoms with Crippen molar-refractivity contribution in [2.45, 2.75) is 39.3 Å². The minimum atomic E-state index is 0.572. The van der Waals surface area contributed by atoms with Crippen LogP contribution >= 0.6 is 23.2 Å². The number of benzene rings is 1. The van der Waals surface area contributed by atoms with Crippen LogP contribution in [0.15, 0.2) is 18.2 Å². The van der Waals surface area contributed by atoms with E-state index in [-0.39, 0.29) is 0 Å². The predicted octanol–water partition coefficient (Wildman–Crippen LogP) is 3.93. The highest BCUT2D eigenvalue weighted by Crippen LogP contribution is 2.27. The summed E-state index contributed by atoms with van der Waals surface area (Å²) in [6.07, 6.45) is 2.63. The highest BCUT2D eigenvalue weighted by Gasteiger charge is 2.19. The Bertz CT molecular complexity index is 651. The maximum atomic E-state index is 6.25. The van der Waals surface area contributed by atoms with Crippen molar-refractivity contribution in [3.63, 3.8) is 0 Å². The first kappa shape index (κ1) is 14.8. The fourth-order valence-electron chi connectivity index (χ4n) is 2.68. The fourth-order valence-corrected chi connectivity index (χ4v) is 3.21. The first-order chi connectivity index (χ1) is 10.2. The first-order valence-corrected chi connectivity index (χ1v) is 7.95. The summed E-state index contributed by atoms with van der Waals surface area (Å²) in [4.78, 5) is 9.43. The molecule has 5 heteroatoms. The smallest absolute Gasteiger partial charge is 0.133 e. The van der Waals surface area contributed by atoms with Crippen LogP contribution in [0.2, 0.25) is 10.0 Å². The minimum Gasteiger partial charge on any atom is -0.307 e. The molecule has 0 saturated carbocycles. The van der Waals surface area contributed by atoms with E-state index in [0.717, 1.165) is 48.7 Å². The molecule has 3 nitrogen and oxygen atoms in total. The third-order valence-corrected chi connectivity index (χ3v) is 4.41. The molecular formula is C16H17Cl2N3. The normalized spacial score (nSPS) is 13.5. The van der Waals surface area contributed by atoms with Gasteiger partial charge in [0.25, 0.3) is 0 Å². The van der Waals surface area contributed by atoms with E-state index in [9.17, 15) is 0 Å². The van der Waals surface area contributed by atoms with Crippen molar-refractivity contribution >= 4 is 23.2 Å². The number of nitrogens with one attached hydrogen (secondary N) is 1. The van der Waals surface area contributed by atoms with Gasteiger partial charge in [-0.25, -0.2) is 9.97 Å². The Morgan fingerprint density at radius 3 is 2.62 bits per heavy atom. The van der Waals surface area contributed by atoms with Crippen LogP contribution in [0.3, 0.4) is 0 Å². The van der Waals surface area contributed by atoms with E-state index in [0.29, 0.717) is 16.5 Å². The molecule has 0 aliphatic carbocycles. The lowest BCUT2D eigenvalue weighted by Gasteiger charge is -2.10. The van der Waals surface area contributed by atoms with Gasteiger partial charge in [-0.05, 0) is 24.1 Å². The van der Waals surface area contributed by atoms with Crippen molar-refractivity contribution in [2.24, 2.45) is 0 Å². The van der Waals surface area contributed by atoms with Crippen molar-refractivity contribution in [2.75, 3.05) is 0 Å². The van der Waals surface area contributed by atoms with E-state index in [4.69, 9.17) is 28.2 Å². The van der Waals surface area contributed by atoms with Gasteiger partial charge in [0.2, 0.25) is 0 Å². The summed E-state index contributed by atoms with van der Waals surface area (Å²) in [6, 6.07) is 5.56. The lowest BCUT2D eigenvalue weighted by atomic mass is 10.1. The van der Waals surface area contributed by atoms with Gasteiger partial charge < -0.3 is 5.32 Å². The third kappa shape index (κ3) is 3.05. The zero-order chi connectivity index (χ0) is 14.8. The molecule has 2 heterocycles. The Morgan fingerprint density at radius 1 is 1.14 bits per heavy atom. The van der Waals surface area contributed by atoms with Gasteiger partial charge in [0.15, 0.2) is 0 Å². The molecule has 21 heavy (non-hydrogen) atoms. The number of aryl methyl sites for hydroxylation is 1. The third-order valence-electron chi connectivity index (χ3n) is 3.70. The van der Waals surface area contributed by atoms with E-state index in [1.54, 1.807) is 0 Å². The van der Waals surface area contributed by atoms with Crippen LogP contribution in [0.1, 0.15) is 41.7 Å². The zero-order valence-electron chi connectivity index (χ0n) is 11.9. The highest BCUT2D eigenvalue weighted by molar-refractivity contribution is 6.36. The summed E-state index contributed by atoms with van der Waals surface area (Å²) in [5.41, 5.74) is 4.44. The van der Waals surface area contributed by atoms with Crippen molar-refractivity contribution in [1.82, 2.24) is 15.3 Å². The van der Waals surface area contributed by atoms with Crippen LogP contribution in [0.25, 0.3) is 0 Å². The number of nitrogens with zero attached hydrogens (tertiary/aromatic N) is 2. The number of fused-ring (bicyclic) bond motifs is 1. The second kappa shape index (κ2) is 6.30. The number of hydrogen-bond donors (Lipinski definition) is 1. The van der Waals surface area contributed by atoms with Gasteiger partial charge in [0.1, 0.15) is 5.82 Å². The summed E-state index contributed by atoms with van der Waals surface area (Å²) < 4.78 is 0. The Kier molecular flexibility index (Phi) is 4.43. The average molecular weight is 322 g/mol. The van der Waals surface area contributed by atoms with Crippen LogP contribution in [-0.2, 0) is 25.9 Å². The molecular weight excluding hydrogens is 305 g/mol. The minimum absolute atomic E-state index is 0.572. The van der Waals surface area contributed by atoms with E-state index >= 15 is 0 Å². The highest BCUT2D eigenvalue weighted by atomic mass is 35.5. The molecule has 1 N–H and O–H groups in total. The lowest BCUT2D eigenvalue weighted by molar-refractivity contribution is 0.753. The van der Waals surface area contributed by atoms with Gasteiger partial charge in [-0.3, -0.25) is 0 Å². The van der Waals surface area contributed by atoms with E-state index < -0.39 is 0 Å². The average Bonchev–Trinajstić information content (AvgIpc) is 2.92. The van der Waals surface area contributed by atoms with Crippen LogP contribution in [-0.4, -0.2) is 9.97 Å². The number of halogens is 2. The van der Waals surface area contributed by atoms with Gasteiger partial charge in [-0.15, -0.1) is 0 Å². The van der Waals surface area contributed by atoms with Crippen LogP contribution in [0, 0.1) is 0 Å². The molecule has 3 rings (SSSR count). The van der Waals surface area contributed by atoms with Gasteiger partial charge in [0.05, 0.1) is 5.69 Å². The summed E-state index contributed by atoms with van der Waals surface area (Å²) in [6.45, 7) is 3.86. The van der Waals surface area contributed by atoms with Crippen LogP contribution < -0.4 is 5.32 Å². The molecule has 1 aliphatic rings. The summed E-state index contributed by atoms with van der Waals surface area (Å²) in [7, 11) is 0. The zero-order valence-corrected chi connectivity index (χ0v) is 13.4. The SMILES string of the molecule is CCCc1nc(Cc2c(Cl)cccc2Cl)nc2c1CNC2. The van der Waals surface area contributed by atoms with E-state index in [1.807, 2.05) is 18.2 Å². The Hall–Kier alpha value is -1.16. The quantitative estimate of drug-likeness (QED) is 0.927. The van der Waals surface area contributed by atoms with Crippen LogP contribution in [0.4, 0.5) is 0 Å². The van der Waals surface area contributed by atoms with Crippen molar-refractivity contribution in [3.05, 3.63) is 56.6 Å². The van der Waals surface area contributed by atoms with Crippen molar-refractivity contribution in [1.29, 1.82) is 0 Å². The molecule has 0 fully saturated rings. The molecule has 0 bridgehead atoms. The lowest BCUT2D eigenvalue weighted by Crippen LogP contribution is -2.07. The van der Waals surface area contributed by atoms with Crippen molar-refractivity contribution < 1.29 is 0 Å². The number of aromatic nitrogens is 2. The molecule has 1 aromatic carbocycles. The van der Waals surface area contributed by atoms with Crippen molar-refractivity contribution in [3.8, 4) is 0 Å². The topological polar surface area (TPSA) is 37.8 Å². The van der Waals surface area contributed by atoms with Crippen LogP contribution in [0.5, 0.6) is 0 Å². The Labute approximate surface area is 134 Å². The summed E-state index contributed by atoms with van der Waals surface area (Å²) in [5.74, 6) is 0.802. The molecule has 1 aliphatic heterocycles. The molecule has 0 radical (unpaired) electrons. The van der Waals surface area contributed by atoms with Gasteiger partial charge in [-0.1, -0.05) is 42.6 Å². The largest absolute Gasteiger partial charge is 0.307 e. The Morgan fingerprint density at radius 2 is 1.90 bits per heavy atom. The molecule has 0 saturated heterocycles. The van der Waals surface area contributed by atoms with Gasteiger partial charge in [0, 0.05) is 40.8 Å². The molecule has 2 aromatic rings. The molecule has 0 atom stereocenters. The fraction of sp³-hybridized carbons (Fsp3) is 0.375. The molecule has 1 aromatic heterocycles.